The molecular formula is C11H19. The molecular weight excluding hydrogens is 132 g/mol. The van der Waals surface area contributed by atoms with E-state index in [1.165, 1.54) is 38.5 Å². The van der Waals surface area contributed by atoms with Crippen LogP contribution < -0.4 is 0 Å². The molecule has 0 saturated carbocycles. The minimum absolute atomic E-state index is 0.952. The second-order valence-electron chi connectivity index (χ2n) is 3.44. The van der Waals surface area contributed by atoms with Gasteiger partial charge in [-0.2, -0.15) is 0 Å². The van der Waals surface area contributed by atoms with Crippen LogP contribution in [0.4, 0.5) is 0 Å². The van der Waals surface area contributed by atoms with Gasteiger partial charge in [0.25, 0.3) is 0 Å². The predicted molar refractivity (Wildman–Crippen MR) is 50.3 cm³/mol. The molecule has 1 aliphatic carbocycles. The summed E-state index contributed by atoms with van der Waals surface area (Å²) in [6, 6.07) is 0. The van der Waals surface area contributed by atoms with Crippen LogP contribution in [0.25, 0.3) is 0 Å². The highest BCUT2D eigenvalue weighted by Crippen LogP contribution is 2.22. The Morgan fingerprint density at radius 2 is 2.36 bits per heavy atom. The van der Waals surface area contributed by atoms with Crippen molar-refractivity contribution in [3.63, 3.8) is 0 Å². The highest BCUT2D eigenvalue weighted by atomic mass is 14.1. The van der Waals surface area contributed by atoms with Gasteiger partial charge in [0.05, 0.1) is 0 Å². The van der Waals surface area contributed by atoms with Gasteiger partial charge in [-0.25, -0.2) is 0 Å². The molecule has 0 saturated heterocycles. The van der Waals surface area contributed by atoms with E-state index in [1.807, 2.05) is 0 Å². The van der Waals surface area contributed by atoms with E-state index >= 15 is 0 Å². The summed E-state index contributed by atoms with van der Waals surface area (Å²) in [6.45, 7) is 2.23. The van der Waals surface area contributed by atoms with Crippen LogP contribution in [0.15, 0.2) is 12.2 Å². The van der Waals surface area contributed by atoms with Gasteiger partial charge in [-0.1, -0.05) is 25.5 Å². The molecule has 63 valence electrons. The first-order valence-electron chi connectivity index (χ1n) is 4.90. The van der Waals surface area contributed by atoms with Crippen LogP contribution in [0.2, 0.25) is 0 Å². The Labute approximate surface area is 70.7 Å². The summed E-state index contributed by atoms with van der Waals surface area (Å²) in [5.41, 5.74) is 0. The molecule has 0 nitrogen and oxygen atoms in total. The minimum atomic E-state index is 0.952. The van der Waals surface area contributed by atoms with Crippen molar-refractivity contribution in [1.82, 2.24) is 0 Å². The van der Waals surface area contributed by atoms with Crippen LogP contribution in [-0.4, -0.2) is 0 Å². The average Bonchev–Trinajstić information content (AvgIpc) is 2.28. The maximum Gasteiger partial charge on any atom is -0.0322 e. The quantitative estimate of drug-likeness (QED) is 0.539. The lowest BCUT2D eigenvalue weighted by Gasteiger charge is -2.11. The third-order valence-corrected chi connectivity index (χ3v) is 2.41. The molecule has 0 bridgehead atoms. The smallest absolute Gasteiger partial charge is 0.0322 e. The topological polar surface area (TPSA) is 0 Å². The van der Waals surface area contributed by atoms with Crippen molar-refractivity contribution < 1.29 is 0 Å². The number of unbranched alkanes of at least 4 members (excludes halogenated alkanes) is 1. The van der Waals surface area contributed by atoms with Gasteiger partial charge in [0.2, 0.25) is 0 Å². The molecule has 1 aliphatic rings. The molecule has 1 atom stereocenters. The molecule has 1 radical (unpaired) electrons. The normalized spacial score (nSPS) is 25.0. The highest BCUT2D eigenvalue weighted by Gasteiger charge is 2.07. The van der Waals surface area contributed by atoms with E-state index in [1.54, 1.807) is 0 Å². The molecule has 0 amide bonds. The lowest BCUT2D eigenvalue weighted by molar-refractivity contribution is 0.474. The molecule has 0 aromatic carbocycles. The fourth-order valence-electron chi connectivity index (χ4n) is 1.67. The standard InChI is InChI=1S/C11H19/c1-2-3-8-11-9-6-4-5-7-10-11/h3-4,6,11H,2,5,7-10H2,1H3. The number of hydrogen-bond acceptors (Lipinski definition) is 0. The maximum atomic E-state index is 2.42. The zero-order valence-corrected chi connectivity index (χ0v) is 7.55. The van der Waals surface area contributed by atoms with Crippen LogP contribution in [0, 0.1) is 12.3 Å². The Balaban J connectivity index is 2.16. The SMILES string of the molecule is CC[CH]CC1CC=CCCC1. The average molecular weight is 151 g/mol. The second-order valence-corrected chi connectivity index (χ2v) is 3.44. The van der Waals surface area contributed by atoms with Crippen molar-refractivity contribution in [2.24, 2.45) is 5.92 Å². The van der Waals surface area contributed by atoms with Crippen LogP contribution >= 0.6 is 0 Å². The summed E-state index contributed by atoms with van der Waals surface area (Å²) in [6.07, 6.45) is 15.2. The van der Waals surface area contributed by atoms with Crippen LogP contribution in [-0.2, 0) is 0 Å². The number of allylic oxidation sites excluding steroid dienone is 2. The maximum absolute atomic E-state index is 2.42. The summed E-state index contributed by atoms with van der Waals surface area (Å²) in [7, 11) is 0. The Hall–Kier alpha value is -0.260. The molecule has 0 aromatic heterocycles. The molecule has 0 spiro atoms. The summed E-state index contributed by atoms with van der Waals surface area (Å²) >= 11 is 0. The molecule has 0 heteroatoms. The summed E-state index contributed by atoms with van der Waals surface area (Å²) in [5, 5.41) is 0. The third kappa shape index (κ3) is 3.60. The van der Waals surface area contributed by atoms with E-state index in [2.05, 4.69) is 25.5 Å². The van der Waals surface area contributed by atoms with Crippen molar-refractivity contribution in [1.29, 1.82) is 0 Å². The summed E-state index contributed by atoms with van der Waals surface area (Å²) < 4.78 is 0. The van der Waals surface area contributed by atoms with Crippen LogP contribution in [0.5, 0.6) is 0 Å². The van der Waals surface area contributed by atoms with E-state index in [0.29, 0.717) is 0 Å². The number of rotatable bonds is 3. The van der Waals surface area contributed by atoms with Gasteiger partial charge in [0.1, 0.15) is 0 Å². The lowest BCUT2D eigenvalue weighted by Crippen LogP contribution is -1.97. The molecule has 0 N–H and O–H groups in total. The van der Waals surface area contributed by atoms with Crippen molar-refractivity contribution in [3.05, 3.63) is 18.6 Å². The zero-order chi connectivity index (χ0) is 7.94. The Morgan fingerprint density at radius 3 is 3.18 bits per heavy atom. The molecule has 0 aromatic rings. The van der Waals surface area contributed by atoms with Crippen molar-refractivity contribution in [2.45, 2.75) is 45.4 Å². The third-order valence-electron chi connectivity index (χ3n) is 2.41. The second kappa shape index (κ2) is 5.40. The first-order chi connectivity index (χ1) is 5.43. The van der Waals surface area contributed by atoms with Gasteiger partial charge in [-0.15, -0.1) is 0 Å². The Morgan fingerprint density at radius 1 is 1.45 bits per heavy atom. The van der Waals surface area contributed by atoms with Gasteiger partial charge in [-0.05, 0) is 44.4 Å². The lowest BCUT2D eigenvalue weighted by atomic mass is 9.95. The molecule has 1 unspecified atom stereocenters. The largest absolute Gasteiger partial charge is 0.0885 e. The van der Waals surface area contributed by atoms with Crippen LogP contribution in [0.3, 0.4) is 0 Å². The van der Waals surface area contributed by atoms with Gasteiger partial charge < -0.3 is 0 Å². The van der Waals surface area contributed by atoms with Crippen molar-refractivity contribution in [3.8, 4) is 0 Å². The fourth-order valence-corrected chi connectivity index (χ4v) is 1.67. The fraction of sp³-hybridized carbons (Fsp3) is 0.727. The van der Waals surface area contributed by atoms with Crippen molar-refractivity contribution in [2.75, 3.05) is 0 Å². The highest BCUT2D eigenvalue weighted by molar-refractivity contribution is 4.88. The molecule has 1 rings (SSSR count). The molecule has 0 fully saturated rings. The Kier molecular flexibility index (Phi) is 4.33. The summed E-state index contributed by atoms with van der Waals surface area (Å²) in [5.74, 6) is 0.952. The van der Waals surface area contributed by atoms with E-state index in [4.69, 9.17) is 0 Å². The first kappa shape index (κ1) is 8.83. The minimum Gasteiger partial charge on any atom is -0.0885 e. The van der Waals surface area contributed by atoms with Gasteiger partial charge in [0.15, 0.2) is 0 Å². The van der Waals surface area contributed by atoms with Gasteiger partial charge in [-0.3, -0.25) is 0 Å². The molecule has 0 heterocycles. The van der Waals surface area contributed by atoms with Gasteiger partial charge >= 0.3 is 0 Å². The van der Waals surface area contributed by atoms with Gasteiger partial charge in [0, 0.05) is 0 Å². The van der Waals surface area contributed by atoms with E-state index in [9.17, 15) is 0 Å². The van der Waals surface area contributed by atoms with Crippen LogP contribution in [0.1, 0.15) is 45.4 Å². The zero-order valence-electron chi connectivity index (χ0n) is 7.55. The van der Waals surface area contributed by atoms with E-state index in [0.717, 1.165) is 5.92 Å². The van der Waals surface area contributed by atoms with Crippen molar-refractivity contribution >= 4 is 0 Å². The molecule has 11 heavy (non-hydrogen) atoms. The monoisotopic (exact) mass is 151 g/mol. The molecule has 0 aliphatic heterocycles. The summed E-state index contributed by atoms with van der Waals surface area (Å²) in [4.78, 5) is 0. The number of hydrogen-bond donors (Lipinski definition) is 0. The van der Waals surface area contributed by atoms with E-state index < -0.39 is 0 Å². The van der Waals surface area contributed by atoms with E-state index in [-0.39, 0.29) is 0 Å². The first-order valence-corrected chi connectivity index (χ1v) is 4.90. The Bertz CT molecular complexity index is 113. The predicted octanol–water partition coefficient (Wildman–Crippen LogP) is 3.74.